The van der Waals surface area contributed by atoms with E-state index in [-0.39, 0.29) is 18.1 Å². The predicted octanol–water partition coefficient (Wildman–Crippen LogP) is 3.25. The lowest BCUT2D eigenvalue weighted by Gasteiger charge is -2.33. The Labute approximate surface area is 169 Å². The zero-order valence-electron chi connectivity index (χ0n) is 16.7. The molecule has 0 aliphatic carbocycles. The van der Waals surface area contributed by atoms with Gasteiger partial charge in [0.05, 0.1) is 13.2 Å². The van der Waals surface area contributed by atoms with Gasteiger partial charge in [0.1, 0.15) is 17.5 Å². The quantitative estimate of drug-likeness (QED) is 0.757. The van der Waals surface area contributed by atoms with Gasteiger partial charge < -0.3 is 14.4 Å². The lowest BCUT2D eigenvalue weighted by Crippen LogP contribution is -2.44. The Hall–Kier alpha value is -1.64. The molecule has 7 nitrogen and oxygen atoms in total. The van der Waals surface area contributed by atoms with E-state index in [0.29, 0.717) is 26.3 Å². The standard InChI is InChI=1S/C20H29NO6S/c1-20(2,3)27-19(22)21-10-8-18(9-11-21)26-17-6-4-15(5-7-17)12-16-13-24-28(23)25-14-16/h4-7,16,18H,8-14H2,1-3H3/t16-,28-. The fraction of sp³-hybridized carbons (Fsp3) is 0.650. The first-order valence-electron chi connectivity index (χ1n) is 9.70. The van der Waals surface area contributed by atoms with E-state index in [2.05, 4.69) is 0 Å². The van der Waals surface area contributed by atoms with Gasteiger partial charge in [-0.2, -0.15) is 4.21 Å². The van der Waals surface area contributed by atoms with Gasteiger partial charge in [-0.05, 0) is 44.9 Å². The minimum atomic E-state index is -1.59. The molecule has 0 saturated carbocycles. The average Bonchev–Trinajstić information content (AvgIpc) is 2.64. The Balaban J connectivity index is 1.42. The van der Waals surface area contributed by atoms with E-state index in [9.17, 15) is 9.00 Å². The summed E-state index contributed by atoms with van der Waals surface area (Å²) in [6.45, 7) is 7.79. The highest BCUT2D eigenvalue weighted by Crippen LogP contribution is 2.22. The maximum absolute atomic E-state index is 12.1. The van der Waals surface area contributed by atoms with Gasteiger partial charge >= 0.3 is 17.5 Å². The Morgan fingerprint density at radius 2 is 1.75 bits per heavy atom. The summed E-state index contributed by atoms with van der Waals surface area (Å²) in [6, 6.07) is 8.02. The third-order valence-electron chi connectivity index (χ3n) is 4.64. The largest absolute Gasteiger partial charge is 0.490 e. The molecule has 2 saturated heterocycles. The summed E-state index contributed by atoms with van der Waals surface area (Å²) in [4.78, 5) is 13.9. The number of rotatable bonds is 4. The molecule has 3 rings (SSSR count). The van der Waals surface area contributed by atoms with Crippen molar-refractivity contribution >= 4 is 17.5 Å². The van der Waals surface area contributed by atoms with Crippen LogP contribution in [0.25, 0.3) is 0 Å². The molecule has 0 N–H and O–H groups in total. The third kappa shape index (κ3) is 6.46. The number of carbonyl (C=O) groups is 1. The van der Waals surface area contributed by atoms with E-state index in [1.54, 1.807) is 4.90 Å². The van der Waals surface area contributed by atoms with Gasteiger partial charge in [0.2, 0.25) is 0 Å². The van der Waals surface area contributed by atoms with Crippen molar-refractivity contribution in [3.63, 3.8) is 0 Å². The summed E-state index contributed by atoms with van der Waals surface area (Å²) >= 11 is -1.59. The highest BCUT2D eigenvalue weighted by atomic mass is 32.2. The summed E-state index contributed by atoms with van der Waals surface area (Å²) in [6.07, 6.45) is 2.23. The molecular weight excluding hydrogens is 382 g/mol. The zero-order chi connectivity index (χ0) is 20.1. The zero-order valence-corrected chi connectivity index (χ0v) is 17.5. The summed E-state index contributed by atoms with van der Waals surface area (Å²) in [5.74, 6) is 1.04. The van der Waals surface area contributed by atoms with Crippen molar-refractivity contribution in [3.05, 3.63) is 29.8 Å². The highest BCUT2D eigenvalue weighted by molar-refractivity contribution is 7.75. The number of benzene rings is 1. The second-order valence-electron chi connectivity index (χ2n) is 8.27. The lowest BCUT2D eigenvalue weighted by atomic mass is 10.0. The molecule has 1 amide bonds. The average molecular weight is 412 g/mol. The lowest BCUT2D eigenvalue weighted by molar-refractivity contribution is 0.0126. The van der Waals surface area contributed by atoms with Gasteiger partial charge in [-0.3, -0.25) is 8.37 Å². The number of piperidine rings is 1. The van der Waals surface area contributed by atoms with E-state index < -0.39 is 17.0 Å². The highest BCUT2D eigenvalue weighted by Gasteiger charge is 2.27. The third-order valence-corrected chi connectivity index (χ3v) is 5.30. The Morgan fingerprint density at radius 3 is 2.32 bits per heavy atom. The van der Waals surface area contributed by atoms with Crippen molar-refractivity contribution in [3.8, 4) is 5.75 Å². The summed E-state index contributed by atoms with van der Waals surface area (Å²) in [7, 11) is 0. The molecule has 156 valence electrons. The van der Waals surface area contributed by atoms with Crippen LogP contribution in [0.3, 0.4) is 0 Å². The van der Waals surface area contributed by atoms with Crippen molar-refractivity contribution in [2.45, 2.75) is 51.7 Å². The second kappa shape index (κ2) is 9.24. The molecule has 0 spiro atoms. The SMILES string of the molecule is CC(C)(C)OC(=O)N1CCC(Oc2ccc(C[C@H]3CO[S@](=O)OC3)cc2)CC1. The van der Waals surface area contributed by atoms with Crippen LogP contribution in [-0.2, 0) is 30.9 Å². The predicted molar refractivity (Wildman–Crippen MR) is 105 cm³/mol. The Morgan fingerprint density at radius 1 is 1.14 bits per heavy atom. The Bertz CT molecular complexity index is 669. The van der Waals surface area contributed by atoms with Crippen molar-refractivity contribution in [2.24, 2.45) is 5.92 Å². The summed E-state index contributed by atoms with van der Waals surface area (Å²) in [5, 5.41) is 0. The molecule has 2 fully saturated rings. The fourth-order valence-electron chi connectivity index (χ4n) is 3.22. The van der Waals surface area contributed by atoms with Crippen LogP contribution in [0.1, 0.15) is 39.2 Å². The first kappa shape index (κ1) is 21.1. The normalized spacial score (nSPS) is 24.0. The summed E-state index contributed by atoms with van der Waals surface area (Å²) in [5.41, 5.74) is 0.691. The molecule has 0 radical (unpaired) electrons. The maximum Gasteiger partial charge on any atom is 0.410 e. The van der Waals surface area contributed by atoms with Crippen LogP contribution >= 0.6 is 0 Å². The number of amides is 1. The number of hydrogen-bond donors (Lipinski definition) is 0. The van der Waals surface area contributed by atoms with E-state index in [1.807, 2.05) is 45.0 Å². The molecule has 1 aromatic carbocycles. The minimum Gasteiger partial charge on any atom is -0.490 e. The molecule has 2 heterocycles. The molecular formula is C20H29NO6S. The molecule has 0 aromatic heterocycles. The van der Waals surface area contributed by atoms with E-state index in [1.165, 1.54) is 0 Å². The van der Waals surface area contributed by atoms with E-state index in [4.69, 9.17) is 17.8 Å². The Kier molecular flexibility index (Phi) is 6.95. The fourth-order valence-corrected chi connectivity index (χ4v) is 3.89. The molecule has 0 bridgehead atoms. The van der Waals surface area contributed by atoms with Gasteiger partial charge in [0.25, 0.3) is 0 Å². The van der Waals surface area contributed by atoms with Crippen molar-refractivity contribution in [2.75, 3.05) is 26.3 Å². The van der Waals surface area contributed by atoms with Crippen molar-refractivity contribution in [1.82, 2.24) is 4.90 Å². The first-order chi connectivity index (χ1) is 13.3. The van der Waals surface area contributed by atoms with Crippen LogP contribution in [0.5, 0.6) is 5.75 Å². The number of hydrogen-bond acceptors (Lipinski definition) is 6. The number of nitrogens with zero attached hydrogens (tertiary/aromatic N) is 1. The van der Waals surface area contributed by atoms with E-state index in [0.717, 1.165) is 30.6 Å². The maximum atomic E-state index is 12.1. The van der Waals surface area contributed by atoms with Gasteiger partial charge in [-0.15, -0.1) is 0 Å². The molecule has 0 atom stereocenters. The van der Waals surface area contributed by atoms with Crippen LogP contribution in [-0.4, -0.2) is 53.2 Å². The van der Waals surface area contributed by atoms with Crippen LogP contribution in [0.4, 0.5) is 4.79 Å². The van der Waals surface area contributed by atoms with Crippen molar-refractivity contribution < 1.29 is 26.8 Å². The second-order valence-corrected chi connectivity index (χ2v) is 9.15. The topological polar surface area (TPSA) is 74.3 Å². The molecule has 8 heteroatoms. The van der Waals surface area contributed by atoms with Gasteiger partial charge in [0, 0.05) is 31.8 Å². The minimum absolute atomic E-state index is 0.0969. The first-order valence-corrected chi connectivity index (χ1v) is 10.7. The molecule has 0 unspecified atom stereocenters. The van der Waals surface area contributed by atoms with Crippen LogP contribution < -0.4 is 4.74 Å². The monoisotopic (exact) mass is 411 g/mol. The smallest absolute Gasteiger partial charge is 0.410 e. The van der Waals surface area contributed by atoms with Crippen LogP contribution in [0.15, 0.2) is 24.3 Å². The van der Waals surface area contributed by atoms with Crippen LogP contribution in [0, 0.1) is 5.92 Å². The number of carbonyl (C=O) groups excluding carboxylic acids is 1. The van der Waals surface area contributed by atoms with E-state index >= 15 is 0 Å². The van der Waals surface area contributed by atoms with Crippen LogP contribution in [0.2, 0.25) is 0 Å². The number of likely N-dealkylation sites (tertiary alicyclic amines) is 1. The molecule has 1 aromatic rings. The number of ether oxygens (including phenoxy) is 2. The molecule has 28 heavy (non-hydrogen) atoms. The van der Waals surface area contributed by atoms with Gasteiger partial charge in [0.15, 0.2) is 0 Å². The van der Waals surface area contributed by atoms with Crippen molar-refractivity contribution in [1.29, 1.82) is 0 Å². The van der Waals surface area contributed by atoms with Gasteiger partial charge in [-0.1, -0.05) is 12.1 Å². The summed E-state index contributed by atoms with van der Waals surface area (Å²) < 4.78 is 32.6. The molecule has 2 aliphatic rings. The van der Waals surface area contributed by atoms with Gasteiger partial charge in [-0.25, -0.2) is 4.79 Å². The molecule has 2 aliphatic heterocycles.